The maximum atomic E-state index is 12.1. The van der Waals surface area contributed by atoms with Crippen LogP contribution in [0.2, 0.25) is 0 Å². The molecule has 1 aliphatic carbocycles. The molecule has 1 heterocycles. The van der Waals surface area contributed by atoms with E-state index in [1.165, 1.54) is 12.8 Å². The van der Waals surface area contributed by atoms with Gasteiger partial charge >= 0.3 is 0 Å². The summed E-state index contributed by atoms with van der Waals surface area (Å²) in [6.07, 6.45) is 9.56. The highest BCUT2D eigenvalue weighted by Crippen LogP contribution is 2.29. The predicted molar refractivity (Wildman–Crippen MR) is 70.5 cm³/mol. The van der Waals surface area contributed by atoms with Crippen molar-refractivity contribution in [1.29, 1.82) is 0 Å². The highest BCUT2D eigenvalue weighted by molar-refractivity contribution is 5.78. The van der Waals surface area contributed by atoms with Crippen LogP contribution in [0, 0.1) is 18.3 Å². The lowest BCUT2D eigenvalue weighted by Gasteiger charge is -2.19. The molecular formula is C14H17N3O. The maximum absolute atomic E-state index is 12.1. The molecule has 1 aromatic heterocycles. The van der Waals surface area contributed by atoms with Crippen LogP contribution in [0.25, 0.3) is 0 Å². The summed E-state index contributed by atoms with van der Waals surface area (Å²) in [4.78, 5) is 18.0. The first kappa shape index (κ1) is 12.4. The third kappa shape index (κ3) is 3.49. The monoisotopic (exact) mass is 243 g/mol. The number of hydrogen-bond acceptors (Lipinski definition) is 3. The lowest BCUT2D eigenvalue weighted by molar-refractivity contribution is -0.130. The van der Waals surface area contributed by atoms with Crippen LogP contribution in [-0.2, 0) is 11.2 Å². The number of carbonyl (C=O) groups is 1. The van der Waals surface area contributed by atoms with Gasteiger partial charge in [-0.15, -0.1) is 6.42 Å². The maximum Gasteiger partial charge on any atom is 0.229 e. The Kier molecular flexibility index (Phi) is 3.83. The van der Waals surface area contributed by atoms with Gasteiger partial charge in [0.2, 0.25) is 5.91 Å². The first-order valence-corrected chi connectivity index (χ1v) is 6.10. The fraction of sp³-hybridized carbons (Fsp3) is 0.429. The first-order chi connectivity index (χ1) is 8.69. The number of carbonyl (C=O) groups excluding carboxylic acids is 1. The van der Waals surface area contributed by atoms with Gasteiger partial charge in [-0.25, -0.2) is 0 Å². The number of hydrogen-bond donors (Lipinski definition) is 1. The normalized spacial score (nSPS) is 13.9. The molecule has 4 nitrogen and oxygen atoms in total. The minimum Gasteiger partial charge on any atom is -0.397 e. The molecule has 0 radical (unpaired) electrons. The third-order valence-corrected chi connectivity index (χ3v) is 2.99. The number of pyridine rings is 1. The number of anilines is 1. The lowest BCUT2D eigenvalue weighted by atomic mass is 10.2. The SMILES string of the molecule is C#CCN(CC1CC1)C(=O)Cc1ccc(N)cn1. The summed E-state index contributed by atoms with van der Waals surface area (Å²) in [6, 6.07) is 3.53. The summed E-state index contributed by atoms with van der Waals surface area (Å²) >= 11 is 0. The molecule has 0 aliphatic heterocycles. The third-order valence-electron chi connectivity index (χ3n) is 2.99. The van der Waals surface area contributed by atoms with Crippen molar-refractivity contribution in [1.82, 2.24) is 9.88 Å². The highest BCUT2D eigenvalue weighted by Gasteiger charge is 2.26. The molecule has 2 rings (SSSR count). The van der Waals surface area contributed by atoms with Crippen molar-refractivity contribution < 1.29 is 4.79 Å². The van der Waals surface area contributed by atoms with Crippen molar-refractivity contribution in [2.75, 3.05) is 18.8 Å². The number of terminal acetylenes is 1. The van der Waals surface area contributed by atoms with Gasteiger partial charge in [-0.05, 0) is 30.9 Å². The van der Waals surface area contributed by atoms with Gasteiger partial charge in [0.25, 0.3) is 0 Å². The topological polar surface area (TPSA) is 59.2 Å². The zero-order valence-electron chi connectivity index (χ0n) is 10.3. The first-order valence-electron chi connectivity index (χ1n) is 6.10. The van der Waals surface area contributed by atoms with E-state index in [1.54, 1.807) is 23.2 Å². The molecule has 94 valence electrons. The van der Waals surface area contributed by atoms with E-state index < -0.39 is 0 Å². The van der Waals surface area contributed by atoms with E-state index in [1.807, 2.05) is 0 Å². The fourth-order valence-corrected chi connectivity index (χ4v) is 1.78. The van der Waals surface area contributed by atoms with Crippen LogP contribution in [0.5, 0.6) is 0 Å². The standard InChI is InChI=1S/C14H17N3O/c1-2-7-17(10-11-3-4-11)14(18)8-13-6-5-12(15)9-16-13/h1,5-6,9,11H,3-4,7-8,10,15H2. The van der Waals surface area contributed by atoms with E-state index >= 15 is 0 Å². The van der Waals surface area contributed by atoms with Crippen molar-refractivity contribution in [2.45, 2.75) is 19.3 Å². The van der Waals surface area contributed by atoms with Crippen LogP contribution < -0.4 is 5.73 Å². The lowest BCUT2D eigenvalue weighted by Crippen LogP contribution is -2.34. The molecule has 2 N–H and O–H groups in total. The average molecular weight is 243 g/mol. The van der Waals surface area contributed by atoms with Gasteiger partial charge in [0, 0.05) is 12.2 Å². The van der Waals surface area contributed by atoms with Gasteiger partial charge in [0.15, 0.2) is 0 Å². The van der Waals surface area contributed by atoms with Gasteiger partial charge in [-0.3, -0.25) is 9.78 Å². The second-order valence-electron chi connectivity index (χ2n) is 4.68. The minimum atomic E-state index is 0.0390. The Balaban J connectivity index is 1.95. The molecule has 1 aromatic rings. The van der Waals surface area contributed by atoms with Gasteiger partial charge < -0.3 is 10.6 Å². The molecular weight excluding hydrogens is 226 g/mol. The largest absolute Gasteiger partial charge is 0.397 e. The van der Waals surface area contributed by atoms with Crippen molar-refractivity contribution in [3.8, 4) is 12.3 Å². The Morgan fingerprint density at radius 1 is 1.56 bits per heavy atom. The summed E-state index contributed by atoms with van der Waals surface area (Å²) in [5, 5.41) is 0. The summed E-state index contributed by atoms with van der Waals surface area (Å²) < 4.78 is 0. The quantitative estimate of drug-likeness (QED) is 0.787. The highest BCUT2D eigenvalue weighted by atomic mass is 16.2. The molecule has 1 amide bonds. The van der Waals surface area contributed by atoms with Gasteiger partial charge in [0.1, 0.15) is 0 Å². The molecule has 0 aromatic carbocycles. The Labute approximate surface area is 107 Å². The molecule has 0 atom stereocenters. The van der Waals surface area contributed by atoms with Crippen LogP contribution in [-0.4, -0.2) is 28.9 Å². The molecule has 0 spiro atoms. The molecule has 18 heavy (non-hydrogen) atoms. The zero-order valence-corrected chi connectivity index (χ0v) is 10.3. The van der Waals surface area contributed by atoms with Gasteiger partial charge in [-0.1, -0.05) is 5.92 Å². The van der Waals surface area contributed by atoms with Crippen LogP contribution in [0.3, 0.4) is 0 Å². The number of rotatable bonds is 5. The summed E-state index contributed by atoms with van der Waals surface area (Å²) in [5.74, 6) is 3.22. The molecule has 1 fully saturated rings. The molecule has 0 bridgehead atoms. The van der Waals surface area contributed by atoms with Crippen LogP contribution in [0.15, 0.2) is 18.3 Å². The second-order valence-corrected chi connectivity index (χ2v) is 4.68. The van der Waals surface area contributed by atoms with E-state index in [0.29, 0.717) is 18.2 Å². The summed E-state index contributed by atoms with van der Waals surface area (Å²) in [5.41, 5.74) is 6.89. The minimum absolute atomic E-state index is 0.0390. The van der Waals surface area contributed by atoms with Crippen LogP contribution in [0.4, 0.5) is 5.69 Å². The van der Waals surface area contributed by atoms with Crippen LogP contribution >= 0.6 is 0 Å². The second kappa shape index (κ2) is 5.54. The smallest absolute Gasteiger partial charge is 0.229 e. The Morgan fingerprint density at radius 2 is 2.33 bits per heavy atom. The Bertz CT molecular complexity index is 457. The molecule has 1 aliphatic rings. The molecule has 1 saturated carbocycles. The van der Waals surface area contributed by atoms with E-state index in [4.69, 9.17) is 12.2 Å². The average Bonchev–Trinajstić information content (AvgIpc) is 3.15. The zero-order chi connectivity index (χ0) is 13.0. The van der Waals surface area contributed by atoms with Gasteiger partial charge in [0.05, 0.1) is 24.8 Å². The number of nitrogen functional groups attached to an aromatic ring is 1. The van der Waals surface area contributed by atoms with E-state index in [0.717, 1.165) is 12.2 Å². The molecule has 0 saturated heterocycles. The van der Waals surface area contributed by atoms with Crippen LogP contribution in [0.1, 0.15) is 18.5 Å². The van der Waals surface area contributed by atoms with E-state index in [-0.39, 0.29) is 12.3 Å². The Hall–Kier alpha value is -2.02. The van der Waals surface area contributed by atoms with Crippen molar-refractivity contribution in [3.05, 3.63) is 24.0 Å². The van der Waals surface area contributed by atoms with Crippen molar-refractivity contribution >= 4 is 11.6 Å². The summed E-state index contributed by atoms with van der Waals surface area (Å²) in [6.45, 7) is 1.16. The fourth-order valence-electron chi connectivity index (χ4n) is 1.78. The molecule has 4 heteroatoms. The van der Waals surface area contributed by atoms with Gasteiger partial charge in [-0.2, -0.15) is 0 Å². The predicted octanol–water partition coefficient (Wildman–Crippen LogP) is 1.08. The number of nitrogens with two attached hydrogens (primary N) is 1. The van der Waals surface area contributed by atoms with Crippen molar-refractivity contribution in [3.63, 3.8) is 0 Å². The number of amides is 1. The number of aromatic nitrogens is 1. The van der Waals surface area contributed by atoms with E-state index in [9.17, 15) is 4.79 Å². The number of nitrogens with zero attached hydrogens (tertiary/aromatic N) is 2. The van der Waals surface area contributed by atoms with E-state index in [2.05, 4.69) is 10.9 Å². The molecule has 0 unspecified atom stereocenters. The van der Waals surface area contributed by atoms with Crippen molar-refractivity contribution in [2.24, 2.45) is 5.92 Å². The summed E-state index contributed by atoms with van der Waals surface area (Å²) in [7, 11) is 0. The Morgan fingerprint density at radius 3 is 2.89 bits per heavy atom.